The highest BCUT2D eigenvalue weighted by atomic mass is 32.2. The van der Waals surface area contributed by atoms with Gasteiger partial charge in [-0.05, 0) is 6.92 Å². The number of sulfonamides is 1. The van der Waals surface area contributed by atoms with E-state index in [-0.39, 0.29) is 5.25 Å². The van der Waals surface area contributed by atoms with Gasteiger partial charge >= 0.3 is 0 Å². The highest BCUT2D eigenvalue weighted by molar-refractivity contribution is 7.89. The fourth-order valence-corrected chi connectivity index (χ4v) is 3.83. The maximum absolute atomic E-state index is 12.2. The van der Waals surface area contributed by atoms with E-state index in [1.54, 1.807) is 11.2 Å². The first kappa shape index (κ1) is 14.2. The van der Waals surface area contributed by atoms with Gasteiger partial charge in [-0.25, -0.2) is 8.42 Å². The van der Waals surface area contributed by atoms with Gasteiger partial charge in [0.05, 0.1) is 18.5 Å². The lowest BCUT2D eigenvalue weighted by molar-refractivity contribution is 0.0363. The molecule has 0 aliphatic carbocycles. The summed E-state index contributed by atoms with van der Waals surface area (Å²) >= 11 is 0. The third-order valence-corrected chi connectivity index (χ3v) is 5.88. The average Bonchev–Trinajstić information content (AvgIpc) is 2.49. The van der Waals surface area contributed by atoms with Crippen molar-refractivity contribution >= 4 is 10.0 Å². The first-order valence-electron chi connectivity index (χ1n) is 6.60. The zero-order chi connectivity index (χ0) is 13.0. The van der Waals surface area contributed by atoms with Crippen LogP contribution in [0.25, 0.3) is 0 Å². The fourth-order valence-electron chi connectivity index (χ4n) is 2.31. The van der Waals surface area contributed by atoms with E-state index >= 15 is 0 Å². The van der Waals surface area contributed by atoms with E-state index in [1.807, 2.05) is 0 Å². The summed E-state index contributed by atoms with van der Waals surface area (Å²) in [6.07, 6.45) is 0. The van der Waals surface area contributed by atoms with Crippen molar-refractivity contribution in [2.45, 2.75) is 12.2 Å². The molecule has 6 nitrogen and oxygen atoms in total. The van der Waals surface area contributed by atoms with E-state index in [0.29, 0.717) is 19.6 Å². The lowest BCUT2D eigenvalue weighted by atomic mass is 10.4. The Morgan fingerprint density at radius 3 is 2.67 bits per heavy atom. The quantitative estimate of drug-likeness (QED) is 0.713. The van der Waals surface area contributed by atoms with E-state index in [4.69, 9.17) is 4.74 Å². The van der Waals surface area contributed by atoms with Crippen molar-refractivity contribution in [3.05, 3.63) is 0 Å². The van der Waals surface area contributed by atoms with Crippen LogP contribution in [0.15, 0.2) is 0 Å². The van der Waals surface area contributed by atoms with Gasteiger partial charge in [0, 0.05) is 45.8 Å². The third-order valence-electron chi connectivity index (χ3n) is 3.61. The molecule has 106 valence electrons. The molecule has 2 fully saturated rings. The monoisotopic (exact) mass is 277 g/mol. The summed E-state index contributed by atoms with van der Waals surface area (Å²) in [7, 11) is -3.13. The number of ether oxygens (including phenoxy) is 1. The van der Waals surface area contributed by atoms with Crippen LogP contribution in [0.4, 0.5) is 0 Å². The minimum Gasteiger partial charge on any atom is -0.379 e. The molecule has 0 aromatic heterocycles. The van der Waals surface area contributed by atoms with Crippen LogP contribution in [-0.4, -0.2) is 81.9 Å². The largest absolute Gasteiger partial charge is 0.379 e. The molecule has 2 rings (SSSR count). The van der Waals surface area contributed by atoms with Crippen molar-refractivity contribution in [3.63, 3.8) is 0 Å². The number of morpholine rings is 1. The smallest absolute Gasteiger partial charge is 0.218 e. The Morgan fingerprint density at radius 1 is 1.22 bits per heavy atom. The molecule has 2 aliphatic heterocycles. The Labute approximate surface area is 109 Å². The number of rotatable bonds is 3. The van der Waals surface area contributed by atoms with E-state index in [9.17, 15) is 8.42 Å². The molecule has 1 unspecified atom stereocenters. The van der Waals surface area contributed by atoms with Gasteiger partial charge in [-0.2, -0.15) is 4.31 Å². The molecular weight excluding hydrogens is 254 g/mol. The van der Waals surface area contributed by atoms with Crippen LogP contribution in [0.3, 0.4) is 0 Å². The molecule has 0 spiro atoms. The van der Waals surface area contributed by atoms with Crippen molar-refractivity contribution in [2.24, 2.45) is 0 Å². The molecule has 1 N–H and O–H groups in total. The molecule has 0 saturated carbocycles. The topological polar surface area (TPSA) is 61.9 Å². The highest BCUT2D eigenvalue weighted by Gasteiger charge is 2.30. The van der Waals surface area contributed by atoms with Gasteiger partial charge in [-0.3, -0.25) is 4.90 Å². The van der Waals surface area contributed by atoms with Gasteiger partial charge < -0.3 is 10.1 Å². The molecule has 0 aromatic carbocycles. The molecule has 0 aromatic rings. The van der Waals surface area contributed by atoms with Crippen LogP contribution in [0, 0.1) is 0 Å². The number of nitrogens with one attached hydrogen (secondary N) is 1. The first-order valence-corrected chi connectivity index (χ1v) is 8.11. The fraction of sp³-hybridized carbons (Fsp3) is 1.00. The number of hydrogen-bond acceptors (Lipinski definition) is 5. The molecule has 2 aliphatic rings. The van der Waals surface area contributed by atoms with Gasteiger partial charge in [0.15, 0.2) is 0 Å². The second kappa shape index (κ2) is 6.29. The molecule has 0 bridgehead atoms. The average molecular weight is 277 g/mol. The van der Waals surface area contributed by atoms with Gasteiger partial charge in [-0.1, -0.05) is 0 Å². The van der Waals surface area contributed by atoms with Gasteiger partial charge in [0.25, 0.3) is 0 Å². The Morgan fingerprint density at radius 2 is 1.94 bits per heavy atom. The van der Waals surface area contributed by atoms with Crippen LogP contribution in [-0.2, 0) is 14.8 Å². The van der Waals surface area contributed by atoms with E-state index in [2.05, 4.69) is 10.2 Å². The standard InChI is InChI=1S/C11H23N3O3S/c1-11-10-12-2-3-14(18(11,15)16)5-4-13-6-8-17-9-7-13/h11-12H,2-10H2,1H3. The highest BCUT2D eigenvalue weighted by Crippen LogP contribution is 2.11. The van der Waals surface area contributed by atoms with E-state index < -0.39 is 10.0 Å². The molecule has 2 saturated heterocycles. The predicted octanol–water partition coefficient (Wildman–Crippen LogP) is -1.06. The molecule has 0 radical (unpaired) electrons. The molecule has 18 heavy (non-hydrogen) atoms. The third kappa shape index (κ3) is 3.42. The molecule has 1 atom stereocenters. The summed E-state index contributed by atoms with van der Waals surface area (Å²) < 4.78 is 31.4. The van der Waals surface area contributed by atoms with E-state index in [0.717, 1.165) is 39.4 Å². The zero-order valence-corrected chi connectivity index (χ0v) is 11.8. The maximum Gasteiger partial charge on any atom is 0.218 e. The Hall–Kier alpha value is -0.210. The van der Waals surface area contributed by atoms with Crippen molar-refractivity contribution in [1.29, 1.82) is 0 Å². The lowest BCUT2D eigenvalue weighted by Crippen LogP contribution is -2.45. The minimum atomic E-state index is -3.13. The summed E-state index contributed by atoms with van der Waals surface area (Å²) in [5.41, 5.74) is 0. The summed E-state index contributed by atoms with van der Waals surface area (Å²) in [4.78, 5) is 2.27. The first-order chi connectivity index (χ1) is 8.60. The summed E-state index contributed by atoms with van der Waals surface area (Å²) in [6, 6.07) is 0. The van der Waals surface area contributed by atoms with Crippen molar-refractivity contribution in [2.75, 3.05) is 59.0 Å². The van der Waals surface area contributed by atoms with Gasteiger partial charge in [0.1, 0.15) is 0 Å². The maximum atomic E-state index is 12.2. The van der Waals surface area contributed by atoms with Gasteiger partial charge in [0.2, 0.25) is 10.0 Å². The molecule has 7 heteroatoms. The van der Waals surface area contributed by atoms with Gasteiger partial charge in [-0.15, -0.1) is 0 Å². The molecule has 0 amide bonds. The SMILES string of the molecule is CC1CNCCN(CCN2CCOCC2)S1(=O)=O. The predicted molar refractivity (Wildman–Crippen MR) is 70.1 cm³/mol. The zero-order valence-electron chi connectivity index (χ0n) is 11.0. The minimum absolute atomic E-state index is 0.329. The van der Waals surface area contributed by atoms with Crippen molar-refractivity contribution < 1.29 is 13.2 Å². The van der Waals surface area contributed by atoms with Crippen LogP contribution in [0.2, 0.25) is 0 Å². The second-order valence-electron chi connectivity index (χ2n) is 4.91. The number of hydrogen-bond donors (Lipinski definition) is 1. The Balaban J connectivity index is 1.89. The molecule has 2 heterocycles. The summed E-state index contributed by atoms with van der Waals surface area (Å²) in [5.74, 6) is 0. The van der Waals surface area contributed by atoms with Crippen LogP contribution < -0.4 is 5.32 Å². The van der Waals surface area contributed by atoms with Crippen LogP contribution >= 0.6 is 0 Å². The lowest BCUT2D eigenvalue weighted by Gasteiger charge is -2.29. The Kier molecular flexibility index (Phi) is 4.97. The van der Waals surface area contributed by atoms with Crippen molar-refractivity contribution in [3.8, 4) is 0 Å². The second-order valence-corrected chi connectivity index (χ2v) is 7.26. The molecular formula is C11H23N3O3S. The van der Waals surface area contributed by atoms with Crippen molar-refractivity contribution in [1.82, 2.24) is 14.5 Å². The number of nitrogens with zero attached hydrogens (tertiary/aromatic N) is 2. The Bertz CT molecular complexity index is 355. The van der Waals surface area contributed by atoms with E-state index in [1.165, 1.54) is 0 Å². The van der Waals surface area contributed by atoms with Crippen LogP contribution in [0.1, 0.15) is 6.92 Å². The summed E-state index contributed by atoms with van der Waals surface area (Å²) in [6.45, 7) is 8.36. The van der Waals surface area contributed by atoms with Crippen LogP contribution in [0.5, 0.6) is 0 Å². The summed E-state index contributed by atoms with van der Waals surface area (Å²) in [5, 5.41) is 2.84. The normalized spacial score (nSPS) is 31.1.